The average Bonchev–Trinajstić information content (AvgIpc) is 3.08. The van der Waals surface area contributed by atoms with Crippen LogP contribution in [0, 0.1) is 0 Å². The summed E-state index contributed by atoms with van der Waals surface area (Å²) in [5.74, 6) is -1.74. The van der Waals surface area contributed by atoms with Gasteiger partial charge in [0.15, 0.2) is 15.9 Å². The van der Waals surface area contributed by atoms with Gasteiger partial charge >= 0.3 is 5.97 Å². The third-order valence-corrected chi connectivity index (χ3v) is 6.91. The number of ether oxygens (including phenoxy) is 1. The highest BCUT2D eigenvalue weighted by atomic mass is 32.2. The van der Waals surface area contributed by atoms with E-state index in [4.69, 9.17) is 4.74 Å². The number of carbonyl (C=O) groups is 3. The first kappa shape index (κ1) is 21.9. The van der Waals surface area contributed by atoms with Crippen molar-refractivity contribution in [3.05, 3.63) is 35.9 Å². The number of hydrogen-bond donors (Lipinski definition) is 1. The molecule has 3 atom stereocenters. The minimum absolute atomic E-state index is 0.00640. The molecule has 0 unspecified atom stereocenters. The SMILES string of the molecule is C[C@@H](OC(=O)C1=NN([C@@H]2CCS(=O)(=O)C2)C(=O)CC1)C(=O)N[C@H](C)c1ccccc1. The molecular formula is C20H25N3O6S. The Balaban J connectivity index is 1.60. The van der Waals surface area contributed by atoms with E-state index in [1.165, 1.54) is 6.92 Å². The molecule has 0 saturated carbocycles. The number of hydrogen-bond acceptors (Lipinski definition) is 7. The van der Waals surface area contributed by atoms with Crippen LogP contribution in [-0.2, 0) is 29.0 Å². The van der Waals surface area contributed by atoms with Crippen LogP contribution in [0.25, 0.3) is 0 Å². The molecule has 1 N–H and O–H groups in total. The Hall–Kier alpha value is -2.75. The maximum Gasteiger partial charge on any atom is 0.355 e. The number of nitrogens with one attached hydrogen (secondary N) is 1. The second kappa shape index (κ2) is 8.95. The standard InChI is InChI=1S/C20H25N3O6S/c1-13(15-6-4-3-5-7-15)21-19(25)14(2)29-20(26)17-8-9-18(24)23(22-17)16-10-11-30(27,28)12-16/h3-7,13-14,16H,8-12H2,1-2H3,(H,21,25)/t13-,14-,16-/m1/s1. The van der Waals surface area contributed by atoms with Crippen LogP contribution >= 0.6 is 0 Å². The second-order valence-corrected chi connectivity index (χ2v) is 9.76. The van der Waals surface area contributed by atoms with E-state index in [9.17, 15) is 22.8 Å². The van der Waals surface area contributed by atoms with Gasteiger partial charge in [-0.3, -0.25) is 9.59 Å². The number of benzene rings is 1. The molecule has 0 aromatic heterocycles. The Bertz CT molecular complexity index is 960. The highest BCUT2D eigenvalue weighted by Gasteiger charge is 2.38. The predicted octanol–water partition coefficient (Wildman–Crippen LogP) is 0.961. The monoisotopic (exact) mass is 435 g/mol. The van der Waals surface area contributed by atoms with Gasteiger partial charge in [-0.15, -0.1) is 0 Å². The second-order valence-electron chi connectivity index (χ2n) is 7.53. The molecule has 2 aliphatic rings. The van der Waals surface area contributed by atoms with Crippen molar-refractivity contribution >= 4 is 33.3 Å². The molecule has 162 valence electrons. The van der Waals surface area contributed by atoms with E-state index in [2.05, 4.69) is 10.4 Å². The minimum Gasteiger partial charge on any atom is -0.448 e. The third kappa shape index (κ3) is 5.24. The van der Waals surface area contributed by atoms with Crippen molar-refractivity contribution in [2.45, 2.75) is 51.3 Å². The van der Waals surface area contributed by atoms with Gasteiger partial charge in [0.2, 0.25) is 5.91 Å². The summed E-state index contributed by atoms with van der Waals surface area (Å²) < 4.78 is 28.6. The molecule has 10 heteroatoms. The number of hydrazone groups is 1. The van der Waals surface area contributed by atoms with Gasteiger partial charge in [0, 0.05) is 12.8 Å². The zero-order valence-corrected chi connectivity index (χ0v) is 17.7. The summed E-state index contributed by atoms with van der Waals surface area (Å²) in [6.07, 6.45) is -0.640. The topological polar surface area (TPSA) is 122 Å². The van der Waals surface area contributed by atoms with E-state index in [1.807, 2.05) is 37.3 Å². The van der Waals surface area contributed by atoms with Crippen LogP contribution in [0.4, 0.5) is 0 Å². The minimum atomic E-state index is -3.20. The van der Waals surface area contributed by atoms with Crippen molar-refractivity contribution in [2.75, 3.05) is 11.5 Å². The lowest BCUT2D eigenvalue weighted by atomic mass is 10.1. The van der Waals surface area contributed by atoms with E-state index >= 15 is 0 Å². The van der Waals surface area contributed by atoms with Crippen LogP contribution in [0.3, 0.4) is 0 Å². The maximum absolute atomic E-state index is 12.5. The molecule has 0 spiro atoms. The normalized spacial score (nSPS) is 22.7. The molecule has 3 rings (SSSR count). The van der Waals surface area contributed by atoms with E-state index in [1.54, 1.807) is 0 Å². The van der Waals surface area contributed by atoms with E-state index in [0.717, 1.165) is 10.6 Å². The van der Waals surface area contributed by atoms with Gasteiger partial charge in [0.05, 0.1) is 23.6 Å². The summed E-state index contributed by atoms with van der Waals surface area (Å²) in [5.41, 5.74) is 0.927. The van der Waals surface area contributed by atoms with Crippen LogP contribution in [-0.4, -0.2) is 60.6 Å². The van der Waals surface area contributed by atoms with Gasteiger partial charge in [0.25, 0.3) is 5.91 Å². The summed E-state index contributed by atoms with van der Waals surface area (Å²) in [6, 6.07) is 8.54. The molecular weight excluding hydrogens is 410 g/mol. The first-order valence-corrected chi connectivity index (χ1v) is 11.6. The zero-order valence-electron chi connectivity index (χ0n) is 16.9. The average molecular weight is 436 g/mol. The van der Waals surface area contributed by atoms with Crippen molar-refractivity contribution in [1.82, 2.24) is 10.3 Å². The van der Waals surface area contributed by atoms with Crippen molar-refractivity contribution in [1.29, 1.82) is 0 Å². The number of rotatable bonds is 6. The van der Waals surface area contributed by atoms with E-state index in [0.29, 0.717) is 0 Å². The highest BCUT2D eigenvalue weighted by Crippen LogP contribution is 2.22. The van der Waals surface area contributed by atoms with Crippen molar-refractivity contribution < 1.29 is 27.5 Å². The lowest BCUT2D eigenvalue weighted by molar-refractivity contribution is -0.149. The summed E-state index contributed by atoms with van der Waals surface area (Å²) in [7, 11) is -3.20. The molecule has 2 amide bonds. The predicted molar refractivity (Wildman–Crippen MR) is 109 cm³/mol. The molecule has 1 fully saturated rings. The summed E-state index contributed by atoms with van der Waals surface area (Å²) in [4.78, 5) is 37.0. The van der Waals surface area contributed by atoms with Gasteiger partial charge in [0.1, 0.15) is 5.71 Å². The van der Waals surface area contributed by atoms with Crippen molar-refractivity contribution in [2.24, 2.45) is 5.10 Å². The number of nitrogens with zero attached hydrogens (tertiary/aromatic N) is 2. The summed E-state index contributed by atoms with van der Waals surface area (Å²) >= 11 is 0. The zero-order chi connectivity index (χ0) is 21.9. The largest absolute Gasteiger partial charge is 0.448 e. The number of amides is 2. The first-order chi connectivity index (χ1) is 14.2. The van der Waals surface area contributed by atoms with E-state index < -0.39 is 33.9 Å². The van der Waals surface area contributed by atoms with Crippen molar-refractivity contribution in [3.63, 3.8) is 0 Å². The summed E-state index contributed by atoms with van der Waals surface area (Å²) in [6.45, 7) is 3.28. The number of esters is 1. The fourth-order valence-corrected chi connectivity index (χ4v) is 5.10. The molecule has 1 saturated heterocycles. The Kier molecular flexibility index (Phi) is 6.55. The Morgan fingerprint density at radius 3 is 2.53 bits per heavy atom. The van der Waals surface area contributed by atoms with Crippen LogP contribution in [0.1, 0.15) is 44.7 Å². The molecule has 1 aromatic rings. The molecule has 0 bridgehead atoms. The third-order valence-electron chi connectivity index (χ3n) is 5.16. The van der Waals surface area contributed by atoms with Gasteiger partial charge in [-0.1, -0.05) is 30.3 Å². The van der Waals surface area contributed by atoms with Crippen LogP contribution < -0.4 is 5.32 Å². The smallest absolute Gasteiger partial charge is 0.355 e. The first-order valence-electron chi connectivity index (χ1n) is 9.82. The highest BCUT2D eigenvalue weighted by molar-refractivity contribution is 7.91. The molecule has 1 aromatic carbocycles. The lowest BCUT2D eigenvalue weighted by Crippen LogP contribution is -2.43. The van der Waals surface area contributed by atoms with Gasteiger partial charge in [-0.25, -0.2) is 18.2 Å². The Morgan fingerprint density at radius 2 is 1.90 bits per heavy atom. The lowest BCUT2D eigenvalue weighted by Gasteiger charge is -2.27. The van der Waals surface area contributed by atoms with E-state index in [-0.39, 0.29) is 48.4 Å². The van der Waals surface area contributed by atoms with Crippen LogP contribution in [0.15, 0.2) is 35.4 Å². The molecule has 30 heavy (non-hydrogen) atoms. The fraction of sp³-hybridized carbons (Fsp3) is 0.500. The van der Waals surface area contributed by atoms with Gasteiger partial charge in [-0.2, -0.15) is 5.10 Å². The molecule has 2 aliphatic heterocycles. The maximum atomic E-state index is 12.5. The molecule has 0 radical (unpaired) electrons. The molecule has 9 nitrogen and oxygen atoms in total. The quantitative estimate of drug-likeness (QED) is 0.664. The summed E-state index contributed by atoms with van der Waals surface area (Å²) in [5, 5.41) is 7.94. The van der Waals surface area contributed by atoms with Crippen molar-refractivity contribution in [3.8, 4) is 0 Å². The fourth-order valence-electron chi connectivity index (χ4n) is 3.41. The molecule has 0 aliphatic carbocycles. The Labute approximate surface area is 175 Å². The number of sulfone groups is 1. The van der Waals surface area contributed by atoms with Crippen LogP contribution in [0.2, 0.25) is 0 Å². The Morgan fingerprint density at radius 1 is 1.20 bits per heavy atom. The van der Waals surface area contributed by atoms with Gasteiger partial charge < -0.3 is 10.1 Å². The molecule has 2 heterocycles. The van der Waals surface area contributed by atoms with Crippen LogP contribution in [0.5, 0.6) is 0 Å². The number of carbonyl (C=O) groups excluding carboxylic acids is 3. The van der Waals surface area contributed by atoms with Gasteiger partial charge in [-0.05, 0) is 25.8 Å².